The summed E-state index contributed by atoms with van der Waals surface area (Å²) in [5, 5.41) is 1.63. The number of hydrogen-bond acceptors (Lipinski definition) is 2. The number of nitrogens with one attached hydrogen (secondary N) is 2. The van der Waals surface area contributed by atoms with Crippen molar-refractivity contribution in [3.05, 3.63) is 57.6 Å². The maximum atomic E-state index is 12.0. The first-order valence-electron chi connectivity index (χ1n) is 7.19. The number of pyridine rings is 1. The number of halogens is 1. The standard InChI is InChI=1S/C17H18ClN3O/c1-21(2)9-7-11-10-20-14-6-5-12(16(18)15(11)14)13-4-3-8-19-17(13)22/h3-6,8,10,20H,7,9H2,1-2H3,(H,19,22). The van der Waals surface area contributed by atoms with Crippen LogP contribution in [0.5, 0.6) is 0 Å². The molecule has 3 rings (SSSR count). The molecule has 0 aliphatic carbocycles. The van der Waals surface area contributed by atoms with E-state index in [0.717, 1.165) is 29.4 Å². The molecule has 0 aliphatic heterocycles. The van der Waals surface area contributed by atoms with E-state index in [2.05, 4.69) is 14.9 Å². The molecule has 0 fully saturated rings. The van der Waals surface area contributed by atoms with Crippen molar-refractivity contribution in [2.24, 2.45) is 0 Å². The molecule has 0 saturated heterocycles. The molecule has 22 heavy (non-hydrogen) atoms. The number of benzene rings is 1. The Morgan fingerprint density at radius 3 is 2.68 bits per heavy atom. The fourth-order valence-corrected chi connectivity index (χ4v) is 3.02. The van der Waals surface area contributed by atoms with Crippen molar-refractivity contribution in [1.82, 2.24) is 14.9 Å². The van der Waals surface area contributed by atoms with Crippen LogP contribution in [0.4, 0.5) is 0 Å². The van der Waals surface area contributed by atoms with Crippen LogP contribution in [0, 0.1) is 0 Å². The molecule has 5 heteroatoms. The topological polar surface area (TPSA) is 51.9 Å². The molecule has 0 unspecified atom stereocenters. The molecule has 3 aromatic rings. The Morgan fingerprint density at radius 1 is 1.14 bits per heavy atom. The average Bonchev–Trinajstić information content (AvgIpc) is 2.90. The molecular formula is C17H18ClN3O. The molecule has 1 aromatic carbocycles. The molecule has 0 radical (unpaired) electrons. The fourth-order valence-electron chi connectivity index (χ4n) is 2.63. The quantitative estimate of drug-likeness (QED) is 0.776. The summed E-state index contributed by atoms with van der Waals surface area (Å²) in [5.41, 5.74) is 3.39. The molecule has 0 atom stereocenters. The van der Waals surface area contributed by atoms with Crippen LogP contribution in [-0.2, 0) is 6.42 Å². The van der Waals surface area contributed by atoms with E-state index in [1.54, 1.807) is 18.3 Å². The molecule has 0 amide bonds. The minimum atomic E-state index is -0.130. The van der Waals surface area contributed by atoms with E-state index in [9.17, 15) is 4.79 Å². The highest BCUT2D eigenvalue weighted by Crippen LogP contribution is 2.35. The van der Waals surface area contributed by atoms with E-state index in [4.69, 9.17) is 11.6 Å². The van der Waals surface area contributed by atoms with Crippen molar-refractivity contribution in [2.45, 2.75) is 6.42 Å². The lowest BCUT2D eigenvalue weighted by atomic mass is 10.0. The first-order valence-corrected chi connectivity index (χ1v) is 7.57. The SMILES string of the molecule is CN(C)CCc1c[nH]c2ccc(-c3ccc[nH]c3=O)c(Cl)c12. The first-order chi connectivity index (χ1) is 10.6. The summed E-state index contributed by atoms with van der Waals surface area (Å²) in [5.74, 6) is 0. The Balaban J connectivity index is 2.14. The summed E-state index contributed by atoms with van der Waals surface area (Å²) in [6.07, 6.45) is 4.53. The van der Waals surface area contributed by atoms with Gasteiger partial charge in [-0.15, -0.1) is 0 Å². The Labute approximate surface area is 133 Å². The number of H-pyrrole nitrogens is 2. The summed E-state index contributed by atoms with van der Waals surface area (Å²) in [6.45, 7) is 0.944. The van der Waals surface area contributed by atoms with Crippen LogP contribution in [-0.4, -0.2) is 35.5 Å². The van der Waals surface area contributed by atoms with Crippen LogP contribution in [0.15, 0.2) is 41.5 Å². The van der Waals surface area contributed by atoms with Crippen molar-refractivity contribution in [3.8, 4) is 11.1 Å². The lowest BCUT2D eigenvalue weighted by molar-refractivity contribution is 0.414. The van der Waals surface area contributed by atoms with Gasteiger partial charge in [-0.25, -0.2) is 0 Å². The maximum absolute atomic E-state index is 12.0. The molecule has 0 bridgehead atoms. The molecule has 0 spiro atoms. The normalized spacial score (nSPS) is 11.5. The predicted octanol–water partition coefficient (Wildman–Crippen LogP) is 3.28. The van der Waals surface area contributed by atoms with Crippen LogP contribution in [0.2, 0.25) is 5.02 Å². The maximum Gasteiger partial charge on any atom is 0.255 e. The van der Waals surface area contributed by atoms with Gasteiger partial charge in [0.2, 0.25) is 0 Å². The zero-order valence-corrected chi connectivity index (χ0v) is 13.4. The minimum Gasteiger partial charge on any atom is -0.361 e. The zero-order valence-electron chi connectivity index (χ0n) is 12.6. The number of nitrogens with zero attached hydrogens (tertiary/aromatic N) is 1. The van der Waals surface area contributed by atoms with Gasteiger partial charge in [0.15, 0.2) is 0 Å². The van der Waals surface area contributed by atoms with Crippen LogP contribution in [0.1, 0.15) is 5.56 Å². The van der Waals surface area contributed by atoms with Gasteiger partial charge in [-0.05, 0) is 44.3 Å². The second-order valence-electron chi connectivity index (χ2n) is 5.63. The average molecular weight is 316 g/mol. The lowest BCUT2D eigenvalue weighted by Gasteiger charge is -2.10. The highest BCUT2D eigenvalue weighted by atomic mass is 35.5. The zero-order chi connectivity index (χ0) is 15.7. The highest BCUT2D eigenvalue weighted by molar-refractivity contribution is 6.38. The van der Waals surface area contributed by atoms with Crippen LogP contribution in [0.3, 0.4) is 0 Å². The van der Waals surface area contributed by atoms with Crippen molar-refractivity contribution >= 4 is 22.5 Å². The summed E-state index contributed by atoms with van der Waals surface area (Å²) < 4.78 is 0. The van der Waals surface area contributed by atoms with Gasteiger partial charge in [0, 0.05) is 41.0 Å². The number of aromatic nitrogens is 2. The van der Waals surface area contributed by atoms with Gasteiger partial charge in [0.05, 0.1) is 5.02 Å². The monoisotopic (exact) mass is 315 g/mol. The van der Waals surface area contributed by atoms with E-state index < -0.39 is 0 Å². The van der Waals surface area contributed by atoms with Crippen LogP contribution >= 0.6 is 11.6 Å². The van der Waals surface area contributed by atoms with E-state index in [1.165, 1.54) is 5.56 Å². The van der Waals surface area contributed by atoms with Crippen molar-refractivity contribution in [2.75, 3.05) is 20.6 Å². The second-order valence-corrected chi connectivity index (χ2v) is 6.01. The van der Waals surface area contributed by atoms with Crippen LogP contribution in [0.25, 0.3) is 22.0 Å². The third-order valence-electron chi connectivity index (χ3n) is 3.80. The Hall–Kier alpha value is -2.04. The summed E-state index contributed by atoms with van der Waals surface area (Å²) in [4.78, 5) is 20.1. The number of rotatable bonds is 4. The second kappa shape index (κ2) is 5.99. The largest absolute Gasteiger partial charge is 0.361 e. The third kappa shape index (κ3) is 2.67. The summed E-state index contributed by atoms with van der Waals surface area (Å²) >= 11 is 6.62. The Bertz CT molecular complexity index is 864. The Kier molecular flexibility index (Phi) is 4.05. The molecule has 2 N–H and O–H groups in total. The van der Waals surface area contributed by atoms with E-state index >= 15 is 0 Å². The third-order valence-corrected chi connectivity index (χ3v) is 4.19. The van der Waals surface area contributed by atoms with Crippen molar-refractivity contribution < 1.29 is 0 Å². The summed E-state index contributed by atoms with van der Waals surface area (Å²) in [7, 11) is 4.09. The van der Waals surface area contributed by atoms with Crippen molar-refractivity contribution in [1.29, 1.82) is 0 Å². The lowest BCUT2D eigenvalue weighted by Crippen LogP contribution is -2.14. The molecule has 0 saturated carbocycles. The highest BCUT2D eigenvalue weighted by Gasteiger charge is 2.14. The summed E-state index contributed by atoms with van der Waals surface area (Å²) in [6, 6.07) is 7.46. The molecule has 114 valence electrons. The van der Waals surface area contributed by atoms with E-state index in [0.29, 0.717) is 10.6 Å². The molecule has 0 aliphatic rings. The number of likely N-dealkylation sites (N-methyl/N-ethyl adjacent to an activating group) is 1. The number of aromatic amines is 2. The molecule has 4 nitrogen and oxygen atoms in total. The minimum absolute atomic E-state index is 0.130. The predicted molar refractivity (Wildman–Crippen MR) is 91.6 cm³/mol. The molecular weight excluding hydrogens is 298 g/mol. The molecule has 2 aromatic heterocycles. The first kappa shape index (κ1) is 14.9. The van der Waals surface area contributed by atoms with Gasteiger partial charge in [-0.1, -0.05) is 17.7 Å². The van der Waals surface area contributed by atoms with Gasteiger partial charge in [0.25, 0.3) is 5.56 Å². The number of fused-ring (bicyclic) bond motifs is 1. The number of hydrogen-bond donors (Lipinski definition) is 2. The van der Waals surface area contributed by atoms with E-state index in [-0.39, 0.29) is 5.56 Å². The van der Waals surface area contributed by atoms with Gasteiger partial charge in [-0.3, -0.25) is 4.79 Å². The van der Waals surface area contributed by atoms with Gasteiger partial charge < -0.3 is 14.9 Å². The van der Waals surface area contributed by atoms with Gasteiger partial charge >= 0.3 is 0 Å². The van der Waals surface area contributed by atoms with Crippen molar-refractivity contribution in [3.63, 3.8) is 0 Å². The van der Waals surface area contributed by atoms with Crippen LogP contribution < -0.4 is 5.56 Å². The van der Waals surface area contributed by atoms with E-state index in [1.807, 2.05) is 32.4 Å². The smallest absolute Gasteiger partial charge is 0.255 e. The van der Waals surface area contributed by atoms with Gasteiger partial charge in [0.1, 0.15) is 0 Å². The Morgan fingerprint density at radius 2 is 1.95 bits per heavy atom. The fraction of sp³-hybridized carbons (Fsp3) is 0.235. The molecule has 2 heterocycles. The van der Waals surface area contributed by atoms with Gasteiger partial charge in [-0.2, -0.15) is 0 Å².